The molecule has 0 aliphatic heterocycles. The lowest BCUT2D eigenvalue weighted by atomic mass is 9.94. The van der Waals surface area contributed by atoms with Crippen LogP contribution in [0.25, 0.3) is 10.8 Å². The van der Waals surface area contributed by atoms with Crippen molar-refractivity contribution in [2.75, 3.05) is 17.7 Å². The van der Waals surface area contributed by atoms with Crippen LogP contribution in [-0.4, -0.2) is 35.7 Å². The average molecular weight is 568 g/mol. The zero-order valence-electron chi connectivity index (χ0n) is 23.2. The van der Waals surface area contributed by atoms with Crippen LogP contribution in [0.3, 0.4) is 0 Å². The molecule has 0 saturated heterocycles. The highest BCUT2D eigenvalue weighted by atomic mass is 16.6. The van der Waals surface area contributed by atoms with E-state index in [0.29, 0.717) is 52.7 Å². The molecule has 9 heteroatoms. The molecular weight excluding hydrogens is 534 g/mol. The molecule has 4 aromatic rings. The lowest BCUT2D eigenvalue weighted by Crippen LogP contribution is -2.35. The number of allylic oxidation sites excluding steroid dienone is 1. The molecule has 0 spiro atoms. The number of nitrogens with one attached hydrogen (secondary N) is 2. The number of carbonyl (C=O) groups is 3. The predicted molar refractivity (Wildman–Crippen MR) is 162 cm³/mol. The first-order chi connectivity index (χ1) is 20.4. The van der Waals surface area contributed by atoms with Gasteiger partial charge in [0, 0.05) is 23.1 Å². The quantitative estimate of drug-likeness (QED) is 0.127. The summed E-state index contributed by atoms with van der Waals surface area (Å²) in [6.07, 6.45) is 1.39. The van der Waals surface area contributed by atoms with E-state index in [9.17, 15) is 19.5 Å². The minimum Gasteiger partial charge on any atom is -0.507 e. The van der Waals surface area contributed by atoms with Gasteiger partial charge in [0.15, 0.2) is 6.10 Å². The molecule has 0 aliphatic rings. The molecule has 2 atom stereocenters. The van der Waals surface area contributed by atoms with Crippen molar-refractivity contribution >= 4 is 40.1 Å². The van der Waals surface area contributed by atoms with Crippen LogP contribution in [0.2, 0.25) is 0 Å². The van der Waals surface area contributed by atoms with Crippen LogP contribution in [0.1, 0.15) is 41.8 Å². The van der Waals surface area contributed by atoms with Gasteiger partial charge in [-0.3, -0.25) is 14.9 Å². The van der Waals surface area contributed by atoms with Gasteiger partial charge >= 0.3 is 6.09 Å². The Labute approximate surface area is 243 Å². The van der Waals surface area contributed by atoms with Gasteiger partial charge in [-0.05, 0) is 61.6 Å². The van der Waals surface area contributed by atoms with Crippen molar-refractivity contribution in [2.24, 2.45) is 0 Å². The summed E-state index contributed by atoms with van der Waals surface area (Å²) in [7, 11) is 0. The van der Waals surface area contributed by atoms with Gasteiger partial charge in [-0.25, -0.2) is 4.79 Å². The van der Waals surface area contributed by atoms with Crippen molar-refractivity contribution in [2.45, 2.75) is 32.0 Å². The van der Waals surface area contributed by atoms with Crippen molar-refractivity contribution in [3.05, 3.63) is 114 Å². The molecule has 4 aromatic carbocycles. The summed E-state index contributed by atoms with van der Waals surface area (Å²) < 4.78 is 11.9. The topological polar surface area (TPSA) is 140 Å². The maximum atomic E-state index is 13.0. The number of nitrogen functional groups attached to an aromatic ring is 1. The molecule has 216 valence electrons. The number of anilines is 2. The second-order valence-electron chi connectivity index (χ2n) is 9.42. The van der Waals surface area contributed by atoms with E-state index < -0.39 is 24.2 Å². The first-order valence-corrected chi connectivity index (χ1v) is 13.6. The molecule has 0 heterocycles. The second-order valence-corrected chi connectivity index (χ2v) is 9.42. The molecule has 0 saturated carbocycles. The van der Waals surface area contributed by atoms with Crippen molar-refractivity contribution in [3.8, 4) is 5.75 Å². The Hall–Kier alpha value is -5.15. The number of alkyl carbamates (subject to hydrolysis) is 1. The van der Waals surface area contributed by atoms with Crippen LogP contribution in [0, 0.1) is 0 Å². The summed E-state index contributed by atoms with van der Waals surface area (Å²) in [4.78, 5) is 38.0. The summed E-state index contributed by atoms with van der Waals surface area (Å²) in [5.41, 5.74) is 7.78. The normalized spacial score (nSPS) is 12.5. The van der Waals surface area contributed by atoms with Gasteiger partial charge in [0.2, 0.25) is 5.91 Å². The monoisotopic (exact) mass is 567 g/mol. The smallest absolute Gasteiger partial charge is 0.414 e. The number of hydrogen-bond acceptors (Lipinski definition) is 7. The summed E-state index contributed by atoms with van der Waals surface area (Å²) in [6.45, 7) is 2.15. The highest BCUT2D eigenvalue weighted by Gasteiger charge is 2.30. The Morgan fingerprint density at radius 2 is 1.60 bits per heavy atom. The van der Waals surface area contributed by atoms with Crippen molar-refractivity contribution in [1.82, 2.24) is 5.32 Å². The minimum atomic E-state index is -0.939. The number of ether oxygens (including phenoxy) is 2. The molecule has 3 amide bonds. The summed E-state index contributed by atoms with van der Waals surface area (Å²) in [5, 5.41) is 16.7. The van der Waals surface area contributed by atoms with Gasteiger partial charge in [-0.15, -0.1) is 0 Å². The van der Waals surface area contributed by atoms with E-state index in [1.54, 1.807) is 78.9 Å². The molecule has 5 N–H and O–H groups in total. The number of para-hydroxylation sites is 2. The summed E-state index contributed by atoms with van der Waals surface area (Å²) >= 11 is 0. The van der Waals surface area contributed by atoms with E-state index >= 15 is 0 Å². The lowest BCUT2D eigenvalue weighted by Gasteiger charge is -2.28. The first kappa shape index (κ1) is 29.8. The largest absolute Gasteiger partial charge is 0.507 e. The number of hydrogen-bond donors (Lipinski definition) is 4. The number of phenols is 1. The Morgan fingerprint density at radius 1 is 0.905 bits per heavy atom. The number of carbonyl (C=O) groups excluding carboxylic acids is 3. The van der Waals surface area contributed by atoms with Gasteiger partial charge < -0.3 is 25.6 Å². The molecule has 0 aliphatic carbocycles. The highest BCUT2D eigenvalue weighted by Crippen LogP contribution is 2.36. The number of benzene rings is 4. The molecule has 0 bridgehead atoms. The molecule has 0 unspecified atom stereocenters. The van der Waals surface area contributed by atoms with Crippen LogP contribution in [0.4, 0.5) is 16.2 Å². The zero-order valence-corrected chi connectivity index (χ0v) is 23.2. The molecule has 0 aromatic heterocycles. The number of imide groups is 1. The first-order valence-electron chi connectivity index (χ1n) is 13.6. The number of rotatable bonds is 11. The zero-order chi connectivity index (χ0) is 29.9. The van der Waals surface area contributed by atoms with E-state index in [1.165, 1.54) is 12.1 Å². The number of aromatic hydroxyl groups is 1. The van der Waals surface area contributed by atoms with E-state index in [1.807, 2.05) is 19.1 Å². The Morgan fingerprint density at radius 3 is 2.33 bits per heavy atom. The lowest BCUT2D eigenvalue weighted by molar-refractivity contribution is -0.111. The minimum absolute atomic E-state index is 0.0813. The second kappa shape index (κ2) is 14.5. The number of phenolic OH excluding ortho intramolecular Hbond substituents is 1. The van der Waals surface area contributed by atoms with Crippen LogP contribution < -0.4 is 16.4 Å². The van der Waals surface area contributed by atoms with Crippen LogP contribution in [0.5, 0.6) is 5.75 Å². The number of amides is 3. The van der Waals surface area contributed by atoms with Crippen molar-refractivity contribution in [3.63, 3.8) is 0 Å². The summed E-state index contributed by atoms with van der Waals surface area (Å²) in [5.74, 6) is -0.856. The molecule has 4 rings (SSSR count). The predicted octanol–water partition coefficient (Wildman–Crippen LogP) is 6.12. The molecule has 42 heavy (non-hydrogen) atoms. The third-order valence-corrected chi connectivity index (χ3v) is 6.55. The van der Waals surface area contributed by atoms with E-state index in [0.717, 1.165) is 0 Å². The van der Waals surface area contributed by atoms with Crippen LogP contribution in [0.15, 0.2) is 103 Å². The summed E-state index contributed by atoms with van der Waals surface area (Å²) in [6, 6.07) is 25.7. The van der Waals surface area contributed by atoms with E-state index in [-0.39, 0.29) is 11.7 Å². The SMILES string of the molecule is CCO[C@@H](CC/C=C/C(=O)Nc1ccccc1N)[C@@H](OC(=O)NC(=O)c1ccccc1)c1ccc(O)c2ccccc12. The highest BCUT2D eigenvalue weighted by molar-refractivity contribution is 6.03. The molecule has 9 nitrogen and oxygen atoms in total. The van der Waals surface area contributed by atoms with Crippen molar-refractivity contribution in [1.29, 1.82) is 0 Å². The Kier molecular flexibility index (Phi) is 10.3. The van der Waals surface area contributed by atoms with Crippen molar-refractivity contribution < 1.29 is 29.0 Å². The average Bonchev–Trinajstić information content (AvgIpc) is 3.00. The fourth-order valence-corrected chi connectivity index (χ4v) is 4.57. The number of nitrogens with two attached hydrogens (primary N) is 1. The third-order valence-electron chi connectivity index (χ3n) is 6.55. The van der Waals surface area contributed by atoms with Crippen LogP contribution in [-0.2, 0) is 14.3 Å². The molecule has 0 fully saturated rings. The fourth-order valence-electron chi connectivity index (χ4n) is 4.57. The standard InChI is InChI=1S/C33H33N3O6/c1-2-41-29(18-10-11-19-30(38)35-27-17-9-8-16-26(27)34)31(25-20-21-28(37)24-15-7-6-14-23(24)25)42-33(40)36-32(39)22-12-4-3-5-13-22/h3-9,11-17,19-21,29,31,37H,2,10,18,34H2,1H3,(H,35,38)(H,36,39,40)/b19-11+/t29-,31-/m0/s1. The van der Waals surface area contributed by atoms with Gasteiger partial charge in [-0.2, -0.15) is 0 Å². The van der Waals surface area contributed by atoms with Gasteiger partial charge in [0.05, 0.1) is 17.5 Å². The maximum absolute atomic E-state index is 13.0. The van der Waals surface area contributed by atoms with Gasteiger partial charge in [0.25, 0.3) is 5.91 Å². The van der Waals surface area contributed by atoms with Gasteiger partial charge in [0.1, 0.15) is 5.75 Å². The van der Waals surface area contributed by atoms with Crippen LogP contribution >= 0.6 is 0 Å². The van der Waals surface area contributed by atoms with Gasteiger partial charge in [-0.1, -0.05) is 66.7 Å². The fraction of sp³-hybridized carbons (Fsp3) is 0.182. The third kappa shape index (κ3) is 7.74. The Balaban J connectivity index is 1.55. The van der Waals surface area contributed by atoms with E-state index in [4.69, 9.17) is 15.2 Å². The molecule has 0 radical (unpaired) electrons. The Bertz CT molecular complexity index is 1570. The number of fused-ring (bicyclic) bond motifs is 1. The van der Waals surface area contributed by atoms with E-state index in [2.05, 4.69) is 10.6 Å². The maximum Gasteiger partial charge on any atom is 0.414 e. The molecular formula is C33H33N3O6.